The van der Waals surface area contributed by atoms with Gasteiger partial charge in [0.15, 0.2) is 0 Å². The van der Waals surface area contributed by atoms with E-state index in [2.05, 4.69) is 17.4 Å². The molecule has 1 fully saturated rings. The minimum absolute atomic E-state index is 0.205. The quantitative estimate of drug-likeness (QED) is 0.847. The molecule has 1 saturated carbocycles. The van der Waals surface area contributed by atoms with E-state index in [0.717, 1.165) is 17.9 Å². The van der Waals surface area contributed by atoms with Crippen LogP contribution in [-0.4, -0.2) is 23.8 Å². The van der Waals surface area contributed by atoms with E-state index in [1.54, 1.807) is 0 Å². The molecule has 1 aliphatic rings. The molecule has 2 N–H and O–H groups in total. The fourth-order valence-corrected chi connectivity index (χ4v) is 2.34. The van der Waals surface area contributed by atoms with Crippen LogP contribution in [0.15, 0.2) is 24.3 Å². The van der Waals surface area contributed by atoms with Gasteiger partial charge in [-0.15, -0.1) is 0 Å². The van der Waals surface area contributed by atoms with E-state index in [9.17, 15) is 0 Å². The third-order valence-electron chi connectivity index (χ3n) is 3.27. The van der Waals surface area contributed by atoms with Crippen molar-refractivity contribution in [3.8, 4) is 0 Å². The van der Waals surface area contributed by atoms with Gasteiger partial charge in [0, 0.05) is 17.1 Å². The number of rotatable bonds is 4. The third-order valence-corrected chi connectivity index (χ3v) is 3.53. The number of halogens is 1. The van der Waals surface area contributed by atoms with Crippen LogP contribution in [0.3, 0.4) is 0 Å². The standard InChI is InChI=1S/C13H18ClNO/c1-9(8-16)15-13-6-11(7-13)10-2-4-12(14)5-3-10/h2-5,9,11,13,15-16H,6-8H2,1H3. The summed E-state index contributed by atoms with van der Waals surface area (Å²) in [5, 5.41) is 13.1. The molecule has 0 bridgehead atoms. The highest BCUT2D eigenvalue weighted by Gasteiger charge is 2.30. The van der Waals surface area contributed by atoms with Gasteiger partial charge in [0.05, 0.1) is 6.61 Å². The first-order chi connectivity index (χ1) is 7.69. The SMILES string of the molecule is CC(CO)NC1CC(c2ccc(Cl)cc2)C1. The van der Waals surface area contributed by atoms with Crippen molar-refractivity contribution in [2.75, 3.05) is 6.61 Å². The van der Waals surface area contributed by atoms with E-state index in [-0.39, 0.29) is 12.6 Å². The lowest BCUT2D eigenvalue weighted by Crippen LogP contribution is -2.45. The second kappa shape index (κ2) is 5.17. The second-order valence-corrected chi connectivity index (χ2v) is 5.10. The second-order valence-electron chi connectivity index (χ2n) is 4.67. The van der Waals surface area contributed by atoms with Crippen LogP contribution in [0.4, 0.5) is 0 Å². The molecule has 88 valence electrons. The molecule has 2 rings (SSSR count). The van der Waals surface area contributed by atoms with Crippen molar-refractivity contribution in [3.05, 3.63) is 34.9 Å². The lowest BCUT2D eigenvalue weighted by atomic mass is 9.75. The molecule has 3 heteroatoms. The van der Waals surface area contributed by atoms with Crippen LogP contribution in [0.1, 0.15) is 31.2 Å². The van der Waals surface area contributed by atoms with E-state index in [0.29, 0.717) is 12.0 Å². The van der Waals surface area contributed by atoms with Crippen molar-refractivity contribution >= 4 is 11.6 Å². The maximum atomic E-state index is 8.94. The lowest BCUT2D eigenvalue weighted by molar-refractivity contribution is 0.204. The molecule has 0 aromatic heterocycles. The van der Waals surface area contributed by atoms with E-state index in [4.69, 9.17) is 16.7 Å². The van der Waals surface area contributed by atoms with Crippen LogP contribution in [0.25, 0.3) is 0 Å². The Morgan fingerprint density at radius 1 is 1.38 bits per heavy atom. The summed E-state index contributed by atoms with van der Waals surface area (Å²) >= 11 is 5.85. The van der Waals surface area contributed by atoms with Gasteiger partial charge in [0.25, 0.3) is 0 Å². The Morgan fingerprint density at radius 2 is 2.00 bits per heavy atom. The van der Waals surface area contributed by atoms with Crippen molar-refractivity contribution in [1.82, 2.24) is 5.32 Å². The molecule has 0 radical (unpaired) electrons. The maximum Gasteiger partial charge on any atom is 0.0582 e. The highest BCUT2D eigenvalue weighted by Crippen LogP contribution is 2.37. The number of aliphatic hydroxyl groups excluding tert-OH is 1. The average Bonchev–Trinajstić information content (AvgIpc) is 2.24. The van der Waals surface area contributed by atoms with Gasteiger partial charge in [-0.05, 0) is 43.4 Å². The predicted molar refractivity (Wildman–Crippen MR) is 66.9 cm³/mol. The van der Waals surface area contributed by atoms with Crippen molar-refractivity contribution in [1.29, 1.82) is 0 Å². The van der Waals surface area contributed by atoms with Gasteiger partial charge in [-0.2, -0.15) is 0 Å². The molecule has 0 aliphatic heterocycles. The molecule has 0 amide bonds. The van der Waals surface area contributed by atoms with Crippen molar-refractivity contribution in [2.45, 2.75) is 37.8 Å². The van der Waals surface area contributed by atoms with E-state index < -0.39 is 0 Å². The van der Waals surface area contributed by atoms with Gasteiger partial charge in [-0.3, -0.25) is 0 Å². The number of benzene rings is 1. The highest BCUT2D eigenvalue weighted by molar-refractivity contribution is 6.30. The van der Waals surface area contributed by atoms with Crippen LogP contribution < -0.4 is 5.32 Å². The molecule has 0 heterocycles. The largest absolute Gasteiger partial charge is 0.395 e. The predicted octanol–water partition coefficient (Wildman–Crippen LogP) is 2.56. The third kappa shape index (κ3) is 2.76. The Morgan fingerprint density at radius 3 is 2.56 bits per heavy atom. The average molecular weight is 240 g/mol. The summed E-state index contributed by atoms with van der Waals surface area (Å²) in [4.78, 5) is 0. The first-order valence-corrected chi connectivity index (χ1v) is 6.19. The van der Waals surface area contributed by atoms with Crippen LogP contribution >= 0.6 is 11.6 Å². The number of nitrogens with one attached hydrogen (secondary N) is 1. The molecule has 1 aromatic carbocycles. The molecule has 1 aliphatic carbocycles. The van der Waals surface area contributed by atoms with Crippen LogP contribution in [0, 0.1) is 0 Å². The normalized spacial score (nSPS) is 26.2. The molecule has 1 aromatic rings. The molecule has 0 saturated heterocycles. The zero-order valence-corrected chi connectivity index (χ0v) is 10.2. The van der Waals surface area contributed by atoms with E-state index in [1.807, 2.05) is 19.1 Å². The first kappa shape index (κ1) is 11.9. The fourth-order valence-electron chi connectivity index (χ4n) is 2.22. The lowest BCUT2D eigenvalue weighted by Gasteiger charge is -2.38. The highest BCUT2D eigenvalue weighted by atomic mass is 35.5. The van der Waals surface area contributed by atoms with Crippen LogP contribution in [-0.2, 0) is 0 Å². The summed E-state index contributed by atoms with van der Waals surface area (Å²) in [5.74, 6) is 0.653. The molecular weight excluding hydrogens is 222 g/mol. The Balaban J connectivity index is 1.82. The smallest absolute Gasteiger partial charge is 0.0582 e. The summed E-state index contributed by atoms with van der Waals surface area (Å²) < 4.78 is 0. The topological polar surface area (TPSA) is 32.3 Å². The van der Waals surface area contributed by atoms with E-state index in [1.165, 1.54) is 5.56 Å². The van der Waals surface area contributed by atoms with Crippen molar-refractivity contribution in [2.24, 2.45) is 0 Å². The molecule has 2 nitrogen and oxygen atoms in total. The van der Waals surface area contributed by atoms with Gasteiger partial charge >= 0.3 is 0 Å². The van der Waals surface area contributed by atoms with Crippen molar-refractivity contribution in [3.63, 3.8) is 0 Å². The molecule has 1 atom stereocenters. The molecular formula is C13H18ClNO. The molecule has 0 spiro atoms. The summed E-state index contributed by atoms with van der Waals surface area (Å²) in [7, 11) is 0. The minimum Gasteiger partial charge on any atom is -0.395 e. The minimum atomic E-state index is 0.205. The molecule has 16 heavy (non-hydrogen) atoms. The van der Waals surface area contributed by atoms with Gasteiger partial charge in [0.2, 0.25) is 0 Å². The maximum absolute atomic E-state index is 8.94. The Bertz CT molecular complexity index is 332. The van der Waals surface area contributed by atoms with Crippen LogP contribution in [0.5, 0.6) is 0 Å². The first-order valence-electron chi connectivity index (χ1n) is 5.81. The van der Waals surface area contributed by atoms with Crippen molar-refractivity contribution < 1.29 is 5.11 Å². The molecule has 1 unspecified atom stereocenters. The Labute approximate surface area is 102 Å². The monoisotopic (exact) mass is 239 g/mol. The van der Waals surface area contributed by atoms with E-state index >= 15 is 0 Å². The number of hydrogen-bond acceptors (Lipinski definition) is 2. The number of hydrogen-bond donors (Lipinski definition) is 2. The zero-order chi connectivity index (χ0) is 11.5. The van der Waals surface area contributed by atoms with Gasteiger partial charge in [-0.25, -0.2) is 0 Å². The Kier molecular flexibility index (Phi) is 3.85. The summed E-state index contributed by atoms with van der Waals surface area (Å²) in [5.41, 5.74) is 1.37. The number of aliphatic hydroxyl groups is 1. The summed E-state index contributed by atoms with van der Waals surface area (Å²) in [6, 6.07) is 8.89. The summed E-state index contributed by atoms with van der Waals surface area (Å²) in [6.45, 7) is 2.22. The zero-order valence-electron chi connectivity index (χ0n) is 9.49. The van der Waals surface area contributed by atoms with Crippen LogP contribution in [0.2, 0.25) is 5.02 Å². The fraction of sp³-hybridized carbons (Fsp3) is 0.538. The van der Waals surface area contributed by atoms with Gasteiger partial charge < -0.3 is 10.4 Å². The van der Waals surface area contributed by atoms with Gasteiger partial charge in [0.1, 0.15) is 0 Å². The Hall–Kier alpha value is -0.570. The summed E-state index contributed by atoms with van der Waals surface area (Å²) in [6.07, 6.45) is 2.32. The van der Waals surface area contributed by atoms with Gasteiger partial charge in [-0.1, -0.05) is 23.7 Å².